The Morgan fingerprint density at radius 2 is 2.05 bits per heavy atom. The highest BCUT2D eigenvalue weighted by molar-refractivity contribution is 7.13. The number of aromatic nitrogens is 1. The van der Waals surface area contributed by atoms with Crippen LogP contribution in [0.1, 0.15) is 47.1 Å². The fourth-order valence-corrected chi connectivity index (χ4v) is 3.35. The van der Waals surface area contributed by atoms with E-state index in [-0.39, 0.29) is 11.9 Å². The first-order valence-corrected chi connectivity index (χ1v) is 8.37. The molecule has 1 N–H and O–H groups in total. The van der Waals surface area contributed by atoms with E-state index in [4.69, 9.17) is 4.74 Å². The van der Waals surface area contributed by atoms with Gasteiger partial charge in [-0.2, -0.15) is 0 Å². The first-order valence-electron chi connectivity index (χ1n) is 7.55. The van der Waals surface area contributed by atoms with Crippen LogP contribution in [-0.2, 0) is 4.74 Å². The van der Waals surface area contributed by atoms with Crippen LogP contribution in [0.2, 0.25) is 0 Å². The SMILES string of the molecule is Cc1nc(C(C)C)sc1C(=O)NC(C)CN1CCOCC1. The molecule has 1 amide bonds. The van der Waals surface area contributed by atoms with Crippen molar-refractivity contribution in [2.45, 2.75) is 39.7 Å². The third kappa shape index (κ3) is 4.49. The lowest BCUT2D eigenvalue weighted by Gasteiger charge is -2.29. The second kappa shape index (κ2) is 7.33. The Morgan fingerprint density at radius 3 is 2.62 bits per heavy atom. The smallest absolute Gasteiger partial charge is 0.263 e. The van der Waals surface area contributed by atoms with Gasteiger partial charge in [-0.25, -0.2) is 4.98 Å². The third-order valence-electron chi connectivity index (χ3n) is 3.53. The van der Waals surface area contributed by atoms with Crippen LogP contribution in [0, 0.1) is 6.92 Å². The highest BCUT2D eigenvalue weighted by atomic mass is 32.1. The Hall–Kier alpha value is -0.980. The second-order valence-electron chi connectivity index (χ2n) is 5.91. The summed E-state index contributed by atoms with van der Waals surface area (Å²) in [7, 11) is 0. The lowest BCUT2D eigenvalue weighted by atomic mass is 10.2. The molecule has 21 heavy (non-hydrogen) atoms. The molecule has 0 aliphatic carbocycles. The van der Waals surface area contributed by atoms with Gasteiger partial charge in [0, 0.05) is 31.6 Å². The van der Waals surface area contributed by atoms with Crippen LogP contribution in [0.15, 0.2) is 0 Å². The zero-order chi connectivity index (χ0) is 15.4. The van der Waals surface area contributed by atoms with E-state index in [1.165, 1.54) is 11.3 Å². The minimum absolute atomic E-state index is 0.00217. The fourth-order valence-electron chi connectivity index (χ4n) is 2.38. The maximum absolute atomic E-state index is 12.4. The molecule has 0 bridgehead atoms. The highest BCUT2D eigenvalue weighted by Crippen LogP contribution is 2.24. The van der Waals surface area contributed by atoms with Crippen LogP contribution in [0.5, 0.6) is 0 Å². The molecular weight excluding hydrogens is 286 g/mol. The van der Waals surface area contributed by atoms with Crippen molar-refractivity contribution in [1.82, 2.24) is 15.2 Å². The van der Waals surface area contributed by atoms with Crippen molar-refractivity contribution in [3.8, 4) is 0 Å². The predicted molar refractivity (Wildman–Crippen MR) is 85.1 cm³/mol. The molecule has 0 radical (unpaired) electrons. The van der Waals surface area contributed by atoms with Crippen molar-refractivity contribution in [3.63, 3.8) is 0 Å². The van der Waals surface area contributed by atoms with Crippen molar-refractivity contribution in [1.29, 1.82) is 0 Å². The van der Waals surface area contributed by atoms with Crippen molar-refractivity contribution in [2.75, 3.05) is 32.8 Å². The summed E-state index contributed by atoms with van der Waals surface area (Å²) in [6.07, 6.45) is 0. The van der Waals surface area contributed by atoms with Crippen LogP contribution in [0.4, 0.5) is 0 Å². The molecule has 1 aromatic rings. The van der Waals surface area contributed by atoms with Gasteiger partial charge in [0.15, 0.2) is 0 Å². The van der Waals surface area contributed by atoms with E-state index in [9.17, 15) is 4.79 Å². The molecule has 5 nitrogen and oxygen atoms in total. The summed E-state index contributed by atoms with van der Waals surface area (Å²) in [5.74, 6) is 0.360. The van der Waals surface area contributed by atoms with E-state index in [1.807, 2.05) is 13.8 Å². The van der Waals surface area contributed by atoms with Crippen LogP contribution in [0.3, 0.4) is 0 Å². The molecule has 1 aromatic heterocycles. The quantitative estimate of drug-likeness (QED) is 0.904. The first-order chi connectivity index (χ1) is 9.97. The summed E-state index contributed by atoms with van der Waals surface area (Å²) >= 11 is 1.51. The number of nitrogens with one attached hydrogen (secondary N) is 1. The number of morpholine rings is 1. The molecule has 118 valence electrons. The van der Waals surface area contributed by atoms with Crippen molar-refractivity contribution < 1.29 is 9.53 Å². The number of thiazole rings is 1. The molecule has 6 heteroatoms. The van der Waals surface area contributed by atoms with Gasteiger partial charge >= 0.3 is 0 Å². The molecule has 1 saturated heterocycles. The molecule has 1 atom stereocenters. The number of hydrogen-bond donors (Lipinski definition) is 1. The summed E-state index contributed by atoms with van der Waals surface area (Å²) in [4.78, 5) is 19.9. The Labute approximate surface area is 130 Å². The molecule has 1 fully saturated rings. The number of carbonyl (C=O) groups is 1. The Kier molecular flexibility index (Phi) is 5.72. The van der Waals surface area contributed by atoms with E-state index in [1.54, 1.807) is 0 Å². The molecule has 1 aliphatic heterocycles. The number of carbonyl (C=O) groups excluding carboxylic acids is 1. The van der Waals surface area contributed by atoms with Gasteiger partial charge in [-0.15, -0.1) is 11.3 Å². The van der Waals surface area contributed by atoms with E-state index in [0.717, 1.165) is 48.4 Å². The molecule has 1 unspecified atom stereocenters. The van der Waals surface area contributed by atoms with Gasteiger partial charge in [0.2, 0.25) is 0 Å². The Morgan fingerprint density at radius 1 is 1.38 bits per heavy atom. The minimum Gasteiger partial charge on any atom is -0.379 e. The average Bonchev–Trinajstić information content (AvgIpc) is 2.82. The monoisotopic (exact) mass is 311 g/mol. The molecule has 2 heterocycles. The highest BCUT2D eigenvalue weighted by Gasteiger charge is 2.20. The van der Waals surface area contributed by atoms with E-state index >= 15 is 0 Å². The maximum Gasteiger partial charge on any atom is 0.263 e. The van der Waals surface area contributed by atoms with Gasteiger partial charge in [0.25, 0.3) is 5.91 Å². The standard InChI is InChI=1S/C15H25N3O2S/c1-10(2)15-17-12(4)13(21-15)14(19)16-11(3)9-18-5-7-20-8-6-18/h10-11H,5-9H2,1-4H3,(H,16,19). The van der Waals surface area contributed by atoms with Crippen LogP contribution >= 0.6 is 11.3 Å². The van der Waals surface area contributed by atoms with Gasteiger partial charge in [0.1, 0.15) is 4.88 Å². The van der Waals surface area contributed by atoms with Gasteiger partial charge in [0.05, 0.1) is 23.9 Å². The van der Waals surface area contributed by atoms with E-state index < -0.39 is 0 Å². The van der Waals surface area contributed by atoms with Crippen LogP contribution < -0.4 is 5.32 Å². The molecule has 0 aromatic carbocycles. The Bertz CT molecular complexity index is 481. The first kappa shape index (κ1) is 16.4. The molecule has 1 aliphatic rings. The van der Waals surface area contributed by atoms with E-state index in [2.05, 4.69) is 29.0 Å². The average molecular weight is 311 g/mol. The zero-order valence-corrected chi connectivity index (χ0v) is 14.1. The van der Waals surface area contributed by atoms with Gasteiger partial charge in [-0.05, 0) is 13.8 Å². The number of rotatable bonds is 5. The molecular formula is C15H25N3O2S. The predicted octanol–water partition coefficient (Wildman–Crippen LogP) is 2.03. The van der Waals surface area contributed by atoms with Gasteiger partial charge in [-0.3, -0.25) is 9.69 Å². The zero-order valence-electron chi connectivity index (χ0n) is 13.3. The van der Waals surface area contributed by atoms with Gasteiger partial charge in [-0.1, -0.05) is 13.8 Å². The van der Waals surface area contributed by atoms with Gasteiger partial charge < -0.3 is 10.1 Å². The molecule has 0 saturated carbocycles. The Balaban J connectivity index is 1.91. The minimum atomic E-state index is -0.00217. The van der Waals surface area contributed by atoms with Crippen LogP contribution in [-0.4, -0.2) is 54.7 Å². The number of ether oxygens (including phenoxy) is 1. The largest absolute Gasteiger partial charge is 0.379 e. The van der Waals surface area contributed by atoms with Crippen LogP contribution in [0.25, 0.3) is 0 Å². The summed E-state index contributed by atoms with van der Waals surface area (Å²) in [5.41, 5.74) is 0.833. The topological polar surface area (TPSA) is 54.5 Å². The van der Waals surface area contributed by atoms with E-state index in [0.29, 0.717) is 5.92 Å². The summed E-state index contributed by atoms with van der Waals surface area (Å²) in [6, 6.07) is 0.125. The number of hydrogen-bond acceptors (Lipinski definition) is 5. The summed E-state index contributed by atoms with van der Waals surface area (Å²) < 4.78 is 5.34. The van der Waals surface area contributed by atoms with Crippen molar-refractivity contribution in [3.05, 3.63) is 15.6 Å². The normalized spacial score (nSPS) is 18.0. The second-order valence-corrected chi connectivity index (χ2v) is 6.94. The lowest BCUT2D eigenvalue weighted by Crippen LogP contribution is -2.46. The number of amides is 1. The van der Waals surface area contributed by atoms with Crippen molar-refractivity contribution in [2.24, 2.45) is 0 Å². The summed E-state index contributed by atoms with van der Waals surface area (Å²) in [6.45, 7) is 12.5. The maximum atomic E-state index is 12.4. The lowest BCUT2D eigenvalue weighted by molar-refractivity contribution is 0.0342. The fraction of sp³-hybridized carbons (Fsp3) is 0.733. The molecule has 2 rings (SSSR count). The third-order valence-corrected chi connectivity index (χ3v) is 4.98. The molecule has 0 spiro atoms. The number of nitrogens with zero attached hydrogens (tertiary/aromatic N) is 2. The van der Waals surface area contributed by atoms with Crippen molar-refractivity contribution >= 4 is 17.2 Å². The summed E-state index contributed by atoms with van der Waals surface area (Å²) in [5, 5.41) is 4.11. The number of aryl methyl sites for hydroxylation is 1.